The Morgan fingerprint density at radius 2 is 2.38 bits per heavy atom. The van der Waals surface area contributed by atoms with Gasteiger partial charge in [0.2, 0.25) is 5.82 Å². The lowest BCUT2D eigenvalue weighted by atomic mass is 10.2. The van der Waals surface area contributed by atoms with Crippen molar-refractivity contribution in [3.05, 3.63) is 34.1 Å². The van der Waals surface area contributed by atoms with Crippen molar-refractivity contribution in [1.29, 1.82) is 0 Å². The molecule has 1 aromatic rings. The molecular formula is C10H11FN2O2S. The van der Waals surface area contributed by atoms with Crippen LogP contribution in [0.5, 0.6) is 0 Å². The van der Waals surface area contributed by atoms with Crippen LogP contribution < -0.4 is 5.32 Å². The number of nitrogens with zero attached hydrogens (tertiary/aromatic N) is 1. The highest BCUT2D eigenvalue weighted by atomic mass is 32.2. The Kier molecular flexibility index (Phi) is 3.28. The lowest BCUT2D eigenvalue weighted by Gasteiger charge is -2.12. The van der Waals surface area contributed by atoms with Crippen molar-refractivity contribution in [2.24, 2.45) is 0 Å². The van der Waals surface area contributed by atoms with Gasteiger partial charge in [-0.3, -0.25) is 10.1 Å². The summed E-state index contributed by atoms with van der Waals surface area (Å²) >= 11 is 1.85. The van der Waals surface area contributed by atoms with Crippen molar-refractivity contribution < 1.29 is 9.31 Å². The molecule has 1 fully saturated rings. The second-order valence-corrected chi connectivity index (χ2v) is 4.78. The number of nitro benzene ring substituents is 1. The molecule has 6 heteroatoms. The summed E-state index contributed by atoms with van der Waals surface area (Å²) in [7, 11) is 0. The van der Waals surface area contributed by atoms with E-state index in [1.165, 1.54) is 12.1 Å². The fourth-order valence-electron chi connectivity index (χ4n) is 1.63. The number of halogens is 1. The Morgan fingerprint density at radius 1 is 1.56 bits per heavy atom. The number of anilines is 1. The van der Waals surface area contributed by atoms with Crippen molar-refractivity contribution in [3.8, 4) is 0 Å². The van der Waals surface area contributed by atoms with E-state index in [1.54, 1.807) is 6.07 Å². The van der Waals surface area contributed by atoms with Gasteiger partial charge < -0.3 is 5.32 Å². The molecule has 0 amide bonds. The maximum absolute atomic E-state index is 13.3. The Labute approximate surface area is 96.4 Å². The van der Waals surface area contributed by atoms with Gasteiger partial charge in [-0.2, -0.15) is 16.2 Å². The molecule has 16 heavy (non-hydrogen) atoms. The Balaban J connectivity index is 2.11. The van der Waals surface area contributed by atoms with E-state index in [1.807, 2.05) is 11.8 Å². The molecule has 2 rings (SSSR count). The number of nitrogens with one attached hydrogen (secondary N) is 1. The molecule has 1 saturated heterocycles. The average Bonchev–Trinajstić information content (AvgIpc) is 2.70. The molecule has 1 N–H and O–H groups in total. The first kappa shape index (κ1) is 11.2. The van der Waals surface area contributed by atoms with Gasteiger partial charge in [0.1, 0.15) is 0 Å². The molecule has 0 aliphatic carbocycles. The maximum atomic E-state index is 13.3. The summed E-state index contributed by atoms with van der Waals surface area (Å²) in [5.74, 6) is 1.31. The van der Waals surface area contributed by atoms with Crippen molar-refractivity contribution in [1.82, 2.24) is 0 Å². The van der Waals surface area contributed by atoms with E-state index in [0.717, 1.165) is 17.9 Å². The second-order valence-electron chi connectivity index (χ2n) is 3.63. The topological polar surface area (TPSA) is 55.2 Å². The van der Waals surface area contributed by atoms with Gasteiger partial charge in [-0.15, -0.1) is 0 Å². The van der Waals surface area contributed by atoms with Crippen molar-refractivity contribution in [3.63, 3.8) is 0 Å². The summed E-state index contributed by atoms with van der Waals surface area (Å²) in [5.41, 5.74) is 0.127. The van der Waals surface area contributed by atoms with Gasteiger partial charge in [0, 0.05) is 29.6 Å². The van der Waals surface area contributed by atoms with Crippen molar-refractivity contribution in [2.45, 2.75) is 12.5 Å². The van der Waals surface area contributed by atoms with E-state index in [2.05, 4.69) is 5.32 Å². The lowest BCUT2D eigenvalue weighted by Crippen LogP contribution is -2.18. The summed E-state index contributed by atoms with van der Waals surface area (Å²) in [6.45, 7) is 0. The first-order valence-electron chi connectivity index (χ1n) is 4.95. The van der Waals surface area contributed by atoms with Gasteiger partial charge in [0.15, 0.2) is 0 Å². The average molecular weight is 242 g/mol. The first-order chi connectivity index (χ1) is 7.66. The number of thioether (sulfide) groups is 1. The monoisotopic (exact) mass is 242 g/mol. The molecule has 0 saturated carbocycles. The van der Waals surface area contributed by atoms with E-state index in [4.69, 9.17) is 0 Å². The fraction of sp³-hybridized carbons (Fsp3) is 0.400. The lowest BCUT2D eigenvalue weighted by molar-refractivity contribution is -0.387. The Morgan fingerprint density at radius 3 is 2.94 bits per heavy atom. The minimum absolute atomic E-state index is 0.339. The Hall–Kier alpha value is -1.30. The molecule has 0 aromatic heterocycles. The highest BCUT2D eigenvalue weighted by Gasteiger charge is 2.17. The third-order valence-corrected chi connectivity index (χ3v) is 3.61. The molecule has 1 unspecified atom stereocenters. The summed E-state index contributed by atoms with van der Waals surface area (Å²) in [6, 6.07) is 4.26. The van der Waals surface area contributed by atoms with Crippen LogP contribution in [0.4, 0.5) is 15.8 Å². The molecule has 1 aromatic carbocycles. The summed E-state index contributed by atoms with van der Waals surface area (Å²) in [5, 5.41) is 13.6. The summed E-state index contributed by atoms with van der Waals surface area (Å²) in [4.78, 5) is 9.70. The predicted molar refractivity (Wildman–Crippen MR) is 62.4 cm³/mol. The van der Waals surface area contributed by atoms with Crippen LogP contribution in [0.3, 0.4) is 0 Å². The van der Waals surface area contributed by atoms with E-state index >= 15 is 0 Å². The summed E-state index contributed by atoms with van der Waals surface area (Å²) in [6.07, 6.45) is 1.04. The highest BCUT2D eigenvalue weighted by molar-refractivity contribution is 7.99. The molecule has 0 spiro atoms. The first-order valence-corrected chi connectivity index (χ1v) is 6.10. The van der Waals surface area contributed by atoms with Gasteiger partial charge in [-0.1, -0.05) is 0 Å². The number of rotatable bonds is 3. The minimum Gasteiger partial charge on any atom is -0.381 e. The van der Waals surface area contributed by atoms with Crippen LogP contribution in [0, 0.1) is 15.9 Å². The van der Waals surface area contributed by atoms with Crippen molar-refractivity contribution in [2.75, 3.05) is 16.8 Å². The number of nitro groups is 1. The van der Waals surface area contributed by atoms with Gasteiger partial charge in [-0.05, 0) is 18.2 Å². The van der Waals surface area contributed by atoms with E-state index in [9.17, 15) is 14.5 Å². The van der Waals surface area contributed by atoms with Crippen LogP contribution in [0.2, 0.25) is 0 Å². The molecule has 0 radical (unpaired) electrons. The second kappa shape index (κ2) is 4.69. The molecule has 1 aliphatic rings. The zero-order valence-electron chi connectivity index (χ0n) is 8.48. The summed E-state index contributed by atoms with van der Waals surface area (Å²) < 4.78 is 13.3. The molecule has 1 aliphatic heterocycles. The molecule has 4 nitrogen and oxygen atoms in total. The van der Waals surface area contributed by atoms with Crippen LogP contribution in [0.25, 0.3) is 0 Å². The number of benzene rings is 1. The molecular weight excluding hydrogens is 231 g/mol. The third-order valence-electron chi connectivity index (χ3n) is 2.44. The molecule has 1 heterocycles. The third kappa shape index (κ3) is 2.44. The van der Waals surface area contributed by atoms with Gasteiger partial charge >= 0.3 is 5.69 Å². The largest absolute Gasteiger partial charge is 0.381 e. The highest BCUT2D eigenvalue weighted by Crippen LogP contribution is 2.24. The van der Waals surface area contributed by atoms with Crippen LogP contribution in [0.1, 0.15) is 6.42 Å². The number of hydrogen-bond donors (Lipinski definition) is 1. The van der Waals surface area contributed by atoms with Crippen LogP contribution in [-0.2, 0) is 0 Å². The smallest absolute Gasteiger partial charge is 0.304 e. The predicted octanol–water partition coefficient (Wildman–Crippen LogP) is 2.65. The zero-order chi connectivity index (χ0) is 11.5. The molecule has 0 bridgehead atoms. The number of hydrogen-bond acceptors (Lipinski definition) is 4. The normalized spacial score (nSPS) is 19.7. The molecule has 1 atom stereocenters. The van der Waals surface area contributed by atoms with E-state index < -0.39 is 16.4 Å². The SMILES string of the molecule is O=[N+]([O-])c1ccc(NC2CCSC2)cc1F. The fourth-order valence-corrected chi connectivity index (χ4v) is 2.78. The van der Waals surface area contributed by atoms with Crippen LogP contribution >= 0.6 is 11.8 Å². The Bertz CT molecular complexity index is 408. The van der Waals surface area contributed by atoms with Gasteiger partial charge in [0.05, 0.1) is 4.92 Å². The van der Waals surface area contributed by atoms with Crippen LogP contribution in [0.15, 0.2) is 18.2 Å². The standard InChI is InChI=1S/C10H11FN2O2S/c11-9-5-7(1-2-10(9)13(14)15)12-8-3-4-16-6-8/h1-2,5,8,12H,3-4,6H2. The zero-order valence-corrected chi connectivity index (χ0v) is 9.30. The van der Waals surface area contributed by atoms with E-state index in [0.29, 0.717) is 11.7 Å². The molecule has 86 valence electrons. The van der Waals surface area contributed by atoms with Crippen molar-refractivity contribution >= 4 is 23.1 Å². The van der Waals surface area contributed by atoms with Crippen LogP contribution in [-0.4, -0.2) is 22.5 Å². The van der Waals surface area contributed by atoms with Gasteiger partial charge in [0.25, 0.3) is 0 Å². The quantitative estimate of drug-likeness (QED) is 0.654. The van der Waals surface area contributed by atoms with Gasteiger partial charge in [-0.25, -0.2) is 0 Å². The minimum atomic E-state index is -0.791. The maximum Gasteiger partial charge on any atom is 0.304 e. The van der Waals surface area contributed by atoms with E-state index in [-0.39, 0.29) is 0 Å².